The highest BCUT2D eigenvalue weighted by atomic mass is 16.5. The summed E-state index contributed by atoms with van der Waals surface area (Å²) in [5.41, 5.74) is 0.966. The van der Waals surface area contributed by atoms with Crippen molar-refractivity contribution in [3.63, 3.8) is 0 Å². The van der Waals surface area contributed by atoms with Gasteiger partial charge in [-0.25, -0.2) is 0 Å². The van der Waals surface area contributed by atoms with E-state index in [9.17, 15) is 14.4 Å². The average Bonchev–Trinajstić information content (AvgIpc) is 2.95. The summed E-state index contributed by atoms with van der Waals surface area (Å²) in [6.45, 7) is 7.54. The van der Waals surface area contributed by atoms with Crippen LogP contribution in [0.4, 0.5) is 0 Å². The van der Waals surface area contributed by atoms with Gasteiger partial charge >= 0.3 is 5.97 Å². The number of rotatable bonds is 2. The van der Waals surface area contributed by atoms with Gasteiger partial charge in [-0.1, -0.05) is 25.5 Å². The SMILES string of the molecule is CC(=O)O[C@H]1CC[C@@]2(C)C(=CC[C@H]3[C@@H]4CC[C@H](C(C)=O)[C@@]4(C)C(=O)C[C@@H]32)C1. The molecule has 0 saturated heterocycles. The van der Waals surface area contributed by atoms with Crippen molar-refractivity contribution in [1.29, 1.82) is 0 Å². The highest BCUT2D eigenvalue weighted by Gasteiger charge is 2.63. The smallest absolute Gasteiger partial charge is 0.302 e. The summed E-state index contributed by atoms with van der Waals surface area (Å²) in [4.78, 5) is 36.9. The number of hydrogen-bond donors (Lipinski definition) is 0. The molecule has 0 aromatic heterocycles. The molecule has 4 rings (SSSR count). The summed E-state index contributed by atoms with van der Waals surface area (Å²) >= 11 is 0. The van der Waals surface area contributed by atoms with Gasteiger partial charge < -0.3 is 4.74 Å². The molecule has 0 radical (unpaired) electrons. The number of ether oxygens (including phenoxy) is 1. The fraction of sp³-hybridized carbons (Fsp3) is 0.783. The van der Waals surface area contributed by atoms with Gasteiger partial charge in [0.05, 0.1) is 0 Å². The van der Waals surface area contributed by atoms with Crippen LogP contribution in [0.15, 0.2) is 11.6 Å². The Hall–Kier alpha value is -1.45. The highest BCUT2D eigenvalue weighted by molar-refractivity contribution is 5.93. The number of carbonyl (C=O) groups excluding carboxylic acids is 3. The van der Waals surface area contributed by atoms with Crippen LogP contribution in [0.5, 0.6) is 0 Å². The molecule has 4 nitrogen and oxygen atoms in total. The van der Waals surface area contributed by atoms with E-state index in [0.717, 1.165) is 38.5 Å². The number of ketones is 2. The number of fused-ring (bicyclic) bond motifs is 5. The van der Waals surface area contributed by atoms with E-state index < -0.39 is 5.41 Å². The summed E-state index contributed by atoms with van der Waals surface area (Å²) in [6, 6.07) is 0. The molecule has 148 valence electrons. The Kier molecular flexibility index (Phi) is 4.40. The maximum absolute atomic E-state index is 13.4. The Bertz CT molecular complexity index is 722. The van der Waals surface area contributed by atoms with E-state index in [1.807, 2.05) is 0 Å². The van der Waals surface area contributed by atoms with Crippen LogP contribution in [0.2, 0.25) is 0 Å². The minimum atomic E-state index is -0.455. The summed E-state index contributed by atoms with van der Waals surface area (Å²) < 4.78 is 5.48. The molecule has 4 aliphatic rings. The van der Waals surface area contributed by atoms with Gasteiger partial charge in [-0.05, 0) is 62.2 Å². The van der Waals surface area contributed by atoms with Crippen LogP contribution in [0.3, 0.4) is 0 Å². The van der Waals surface area contributed by atoms with Crippen molar-refractivity contribution in [1.82, 2.24) is 0 Å². The second-order valence-corrected chi connectivity index (χ2v) is 9.88. The zero-order valence-electron chi connectivity index (χ0n) is 17.0. The molecule has 0 bridgehead atoms. The van der Waals surface area contributed by atoms with E-state index in [1.165, 1.54) is 12.5 Å². The van der Waals surface area contributed by atoms with Crippen molar-refractivity contribution in [3.05, 3.63) is 11.6 Å². The lowest BCUT2D eigenvalue weighted by Gasteiger charge is -2.57. The van der Waals surface area contributed by atoms with Crippen LogP contribution in [-0.4, -0.2) is 23.6 Å². The monoisotopic (exact) mass is 372 g/mol. The predicted octanol–water partition coefficient (Wildman–Crippen LogP) is 4.27. The van der Waals surface area contributed by atoms with E-state index in [-0.39, 0.29) is 29.2 Å². The van der Waals surface area contributed by atoms with Crippen molar-refractivity contribution in [3.8, 4) is 0 Å². The zero-order chi connectivity index (χ0) is 19.6. The van der Waals surface area contributed by atoms with Crippen LogP contribution < -0.4 is 0 Å². The molecular formula is C23H32O4. The van der Waals surface area contributed by atoms with Crippen molar-refractivity contribution in [2.45, 2.75) is 78.7 Å². The normalized spacial score (nSPS) is 46.0. The molecule has 0 spiro atoms. The topological polar surface area (TPSA) is 60.4 Å². The summed E-state index contributed by atoms with van der Waals surface area (Å²) in [7, 11) is 0. The van der Waals surface area contributed by atoms with E-state index in [4.69, 9.17) is 4.74 Å². The Balaban J connectivity index is 1.64. The first-order valence-corrected chi connectivity index (χ1v) is 10.6. The minimum absolute atomic E-state index is 0.0171. The van der Waals surface area contributed by atoms with Crippen LogP contribution in [0.25, 0.3) is 0 Å². The maximum atomic E-state index is 13.4. The maximum Gasteiger partial charge on any atom is 0.302 e. The number of esters is 1. The molecule has 0 unspecified atom stereocenters. The molecule has 27 heavy (non-hydrogen) atoms. The van der Waals surface area contributed by atoms with E-state index in [0.29, 0.717) is 30.0 Å². The third-order valence-corrected chi connectivity index (χ3v) is 8.75. The van der Waals surface area contributed by atoms with Gasteiger partial charge in [0.1, 0.15) is 17.7 Å². The molecule has 3 saturated carbocycles. The van der Waals surface area contributed by atoms with Crippen molar-refractivity contribution >= 4 is 17.5 Å². The second-order valence-electron chi connectivity index (χ2n) is 9.88. The van der Waals surface area contributed by atoms with Gasteiger partial charge in [0.2, 0.25) is 0 Å². The summed E-state index contributed by atoms with van der Waals surface area (Å²) in [6.07, 6.45) is 8.51. The van der Waals surface area contributed by atoms with Crippen LogP contribution in [0, 0.1) is 34.5 Å². The molecule has 7 atom stereocenters. The van der Waals surface area contributed by atoms with Crippen molar-refractivity contribution in [2.24, 2.45) is 34.5 Å². The van der Waals surface area contributed by atoms with Crippen LogP contribution >= 0.6 is 0 Å². The summed E-state index contributed by atoms with van der Waals surface area (Å²) in [5.74, 6) is 1.40. The molecule has 0 aromatic carbocycles. The van der Waals surface area contributed by atoms with E-state index >= 15 is 0 Å². The van der Waals surface area contributed by atoms with Crippen molar-refractivity contribution < 1.29 is 19.1 Å². The third kappa shape index (κ3) is 2.66. The van der Waals surface area contributed by atoms with Crippen LogP contribution in [0.1, 0.15) is 72.6 Å². The van der Waals surface area contributed by atoms with Gasteiger partial charge in [-0.15, -0.1) is 0 Å². The zero-order valence-corrected chi connectivity index (χ0v) is 17.0. The van der Waals surface area contributed by atoms with Gasteiger partial charge in [0.25, 0.3) is 0 Å². The third-order valence-electron chi connectivity index (χ3n) is 8.75. The van der Waals surface area contributed by atoms with E-state index in [2.05, 4.69) is 19.9 Å². The van der Waals surface area contributed by atoms with Gasteiger partial charge in [-0.3, -0.25) is 14.4 Å². The predicted molar refractivity (Wildman–Crippen MR) is 102 cm³/mol. The lowest BCUT2D eigenvalue weighted by Crippen LogP contribution is -2.55. The first kappa shape index (κ1) is 18.9. The number of Topliss-reactive ketones (excluding diaryl/α,β-unsaturated/α-hetero) is 2. The molecule has 0 amide bonds. The number of allylic oxidation sites excluding steroid dienone is 1. The molecule has 0 heterocycles. The molecule has 0 aromatic rings. The molecule has 4 heteroatoms. The molecule has 0 aliphatic heterocycles. The Morgan fingerprint density at radius 2 is 1.81 bits per heavy atom. The largest absolute Gasteiger partial charge is 0.462 e. The van der Waals surface area contributed by atoms with Gasteiger partial charge in [-0.2, -0.15) is 0 Å². The molecule has 0 N–H and O–H groups in total. The second kappa shape index (κ2) is 6.28. The quantitative estimate of drug-likeness (QED) is 0.537. The lowest BCUT2D eigenvalue weighted by molar-refractivity contribution is -0.152. The standard InChI is InChI=1S/C23H32O4/c1-13(24)18-7-8-19-17-6-5-15-11-16(27-14(2)25)9-10-22(15,3)20(17)12-21(26)23(18,19)4/h5,16-20H,6-12H2,1-4H3/t16-,17-,18+,19-,20-,22-,23+/m0/s1. The minimum Gasteiger partial charge on any atom is -0.462 e. The fourth-order valence-electron chi connectivity index (χ4n) is 7.32. The lowest BCUT2D eigenvalue weighted by atomic mass is 9.47. The Morgan fingerprint density at radius 3 is 2.48 bits per heavy atom. The number of carbonyl (C=O) groups is 3. The average molecular weight is 373 g/mol. The van der Waals surface area contributed by atoms with Crippen LogP contribution in [-0.2, 0) is 19.1 Å². The van der Waals surface area contributed by atoms with Crippen molar-refractivity contribution in [2.75, 3.05) is 0 Å². The first-order chi connectivity index (χ1) is 12.7. The van der Waals surface area contributed by atoms with Gasteiger partial charge in [0, 0.05) is 31.1 Å². The fourth-order valence-corrected chi connectivity index (χ4v) is 7.32. The molecular weight excluding hydrogens is 340 g/mol. The Morgan fingerprint density at radius 1 is 1.07 bits per heavy atom. The summed E-state index contributed by atoms with van der Waals surface area (Å²) in [5, 5.41) is 0. The number of hydrogen-bond acceptors (Lipinski definition) is 4. The molecule has 4 aliphatic carbocycles. The van der Waals surface area contributed by atoms with Gasteiger partial charge in [0.15, 0.2) is 0 Å². The first-order valence-electron chi connectivity index (χ1n) is 10.6. The Labute approximate surface area is 162 Å². The highest BCUT2D eigenvalue weighted by Crippen LogP contribution is 2.65. The van der Waals surface area contributed by atoms with E-state index in [1.54, 1.807) is 6.92 Å². The molecule has 3 fully saturated rings.